The summed E-state index contributed by atoms with van der Waals surface area (Å²) in [5.74, 6) is -1.07. The third-order valence-electron chi connectivity index (χ3n) is 2.54. The van der Waals surface area contributed by atoms with Crippen LogP contribution in [0, 0.1) is 5.41 Å². The van der Waals surface area contributed by atoms with Gasteiger partial charge in [-0.05, 0) is 18.3 Å². The summed E-state index contributed by atoms with van der Waals surface area (Å²) in [5.41, 5.74) is -0.542. The Morgan fingerprint density at radius 2 is 1.88 bits per heavy atom. The summed E-state index contributed by atoms with van der Waals surface area (Å²) in [6, 6.07) is 0. The number of amides is 1. The molecule has 0 aromatic rings. The van der Waals surface area contributed by atoms with Gasteiger partial charge in [-0.15, -0.1) is 0 Å². The predicted octanol–water partition coefficient (Wildman–Crippen LogP) is 1.15. The fourth-order valence-electron chi connectivity index (χ4n) is 1.55. The first kappa shape index (κ1) is 15.9. The first-order valence-electron chi connectivity index (χ1n) is 5.93. The van der Waals surface area contributed by atoms with Gasteiger partial charge in [-0.3, -0.25) is 9.59 Å². The highest BCUT2D eigenvalue weighted by Crippen LogP contribution is 2.24. The van der Waals surface area contributed by atoms with Gasteiger partial charge in [-0.25, -0.2) is 0 Å². The van der Waals surface area contributed by atoms with Crippen molar-refractivity contribution in [1.29, 1.82) is 0 Å². The fraction of sp³-hybridized carbons (Fsp3) is 0.833. The molecular weight excluding hydrogens is 222 g/mol. The summed E-state index contributed by atoms with van der Waals surface area (Å²) in [5, 5.41) is 20.7. The number of aliphatic hydroxyl groups excluding tert-OH is 1. The minimum atomic E-state index is -0.899. The summed E-state index contributed by atoms with van der Waals surface area (Å²) in [6.07, 6.45) is 0.962. The van der Waals surface area contributed by atoms with E-state index >= 15 is 0 Å². The number of nitrogens with one attached hydrogen (secondary N) is 1. The molecule has 100 valence electrons. The van der Waals surface area contributed by atoms with Gasteiger partial charge in [0.05, 0.1) is 12.5 Å². The molecule has 0 bridgehead atoms. The second-order valence-electron chi connectivity index (χ2n) is 5.11. The standard InChI is InChI=1S/C12H23NO4/c1-4-9(14)5-6-13-10(15)7-12(2,3)8-11(16)17/h9,14H,4-8H2,1-3H3,(H,13,15)(H,16,17). The summed E-state index contributed by atoms with van der Waals surface area (Å²) < 4.78 is 0. The molecule has 0 saturated carbocycles. The molecule has 5 nitrogen and oxygen atoms in total. The zero-order valence-electron chi connectivity index (χ0n) is 10.8. The number of carbonyl (C=O) groups excluding carboxylic acids is 1. The van der Waals surface area contributed by atoms with Crippen LogP contribution in [0.5, 0.6) is 0 Å². The van der Waals surface area contributed by atoms with E-state index in [0.717, 1.165) is 0 Å². The Morgan fingerprint density at radius 3 is 2.35 bits per heavy atom. The lowest BCUT2D eigenvalue weighted by atomic mass is 9.85. The molecule has 0 fully saturated rings. The number of carboxylic acid groups (broad SMARTS) is 1. The van der Waals surface area contributed by atoms with E-state index in [1.54, 1.807) is 13.8 Å². The lowest BCUT2D eigenvalue weighted by Crippen LogP contribution is -2.31. The van der Waals surface area contributed by atoms with Gasteiger partial charge in [0.25, 0.3) is 0 Å². The van der Waals surface area contributed by atoms with E-state index in [4.69, 9.17) is 5.11 Å². The lowest BCUT2D eigenvalue weighted by Gasteiger charge is -2.21. The molecule has 0 rings (SSSR count). The number of carbonyl (C=O) groups is 2. The van der Waals surface area contributed by atoms with Crippen LogP contribution in [-0.4, -0.2) is 34.7 Å². The zero-order chi connectivity index (χ0) is 13.5. The quantitative estimate of drug-likeness (QED) is 0.599. The van der Waals surface area contributed by atoms with Crippen LogP contribution in [0.4, 0.5) is 0 Å². The second kappa shape index (κ2) is 7.27. The molecule has 1 unspecified atom stereocenters. The minimum absolute atomic E-state index is 0.0298. The average Bonchev–Trinajstić information content (AvgIpc) is 2.14. The van der Waals surface area contributed by atoms with Crippen molar-refractivity contribution in [3.63, 3.8) is 0 Å². The molecule has 1 atom stereocenters. The smallest absolute Gasteiger partial charge is 0.303 e. The highest BCUT2D eigenvalue weighted by Gasteiger charge is 2.24. The Balaban J connectivity index is 3.89. The Hall–Kier alpha value is -1.10. The van der Waals surface area contributed by atoms with E-state index in [0.29, 0.717) is 19.4 Å². The van der Waals surface area contributed by atoms with Crippen molar-refractivity contribution in [3.05, 3.63) is 0 Å². The third-order valence-corrected chi connectivity index (χ3v) is 2.54. The van der Waals surface area contributed by atoms with Crippen molar-refractivity contribution in [2.24, 2.45) is 5.41 Å². The molecule has 0 spiro atoms. The van der Waals surface area contributed by atoms with E-state index in [9.17, 15) is 14.7 Å². The van der Waals surface area contributed by atoms with Gasteiger partial charge in [0.2, 0.25) is 5.91 Å². The van der Waals surface area contributed by atoms with Crippen molar-refractivity contribution in [2.45, 2.75) is 52.6 Å². The van der Waals surface area contributed by atoms with E-state index in [-0.39, 0.29) is 24.9 Å². The molecule has 17 heavy (non-hydrogen) atoms. The maximum Gasteiger partial charge on any atom is 0.303 e. The summed E-state index contributed by atoms with van der Waals surface area (Å²) in [7, 11) is 0. The molecule has 0 saturated heterocycles. The molecule has 1 amide bonds. The first-order chi connectivity index (χ1) is 7.76. The van der Waals surface area contributed by atoms with Crippen LogP contribution < -0.4 is 5.32 Å². The van der Waals surface area contributed by atoms with Crippen molar-refractivity contribution in [1.82, 2.24) is 5.32 Å². The molecule has 0 heterocycles. The van der Waals surface area contributed by atoms with E-state index < -0.39 is 11.4 Å². The van der Waals surface area contributed by atoms with Crippen LogP contribution in [0.25, 0.3) is 0 Å². The molecule has 0 aromatic carbocycles. The lowest BCUT2D eigenvalue weighted by molar-refractivity contribution is -0.139. The number of carboxylic acids is 1. The monoisotopic (exact) mass is 245 g/mol. The maximum absolute atomic E-state index is 11.5. The molecule has 3 N–H and O–H groups in total. The van der Waals surface area contributed by atoms with Gasteiger partial charge in [-0.1, -0.05) is 20.8 Å². The average molecular weight is 245 g/mol. The van der Waals surface area contributed by atoms with Gasteiger partial charge in [0, 0.05) is 13.0 Å². The summed E-state index contributed by atoms with van der Waals surface area (Å²) in [6.45, 7) is 5.81. The van der Waals surface area contributed by atoms with Crippen LogP contribution in [0.15, 0.2) is 0 Å². The van der Waals surface area contributed by atoms with Crippen LogP contribution in [-0.2, 0) is 9.59 Å². The third kappa shape index (κ3) is 8.68. The second-order valence-corrected chi connectivity index (χ2v) is 5.11. The van der Waals surface area contributed by atoms with Crippen molar-refractivity contribution in [3.8, 4) is 0 Å². The number of hydrogen-bond acceptors (Lipinski definition) is 3. The molecule has 0 radical (unpaired) electrons. The largest absolute Gasteiger partial charge is 0.481 e. The molecule has 0 aliphatic rings. The molecule has 0 aliphatic heterocycles. The molecule has 0 aliphatic carbocycles. The Morgan fingerprint density at radius 1 is 1.29 bits per heavy atom. The van der Waals surface area contributed by atoms with Gasteiger partial charge < -0.3 is 15.5 Å². The number of rotatable bonds is 8. The Bertz CT molecular complexity index is 263. The first-order valence-corrected chi connectivity index (χ1v) is 5.93. The van der Waals surface area contributed by atoms with Crippen LogP contribution >= 0.6 is 0 Å². The number of aliphatic hydroxyl groups is 1. The fourth-order valence-corrected chi connectivity index (χ4v) is 1.55. The van der Waals surface area contributed by atoms with E-state index in [2.05, 4.69) is 5.32 Å². The summed E-state index contributed by atoms with van der Waals surface area (Å²) >= 11 is 0. The van der Waals surface area contributed by atoms with Crippen molar-refractivity contribution in [2.75, 3.05) is 6.54 Å². The molecule has 5 heteroatoms. The van der Waals surface area contributed by atoms with Crippen molar-refractivity contribution < 1.29 is 19.8 Å². The SMILES string of the molecule is CCC(O)CCNC(=O)CC(C)(C)CC(=O)O. The Labute approximate surface area is 102 Å². The normalized spacial score (nSPS) is 13.2. The van der Waals surface area contributed by atoms with Crippen molar-refractivity contribution >= 4 is 11.9 Å². The minimum Gasteiger partial charge on any atom is -0.481 e. The highest BCUT2D eigenvalue weighted by atomic mass is 16.4. The van der Waals surface area contributed by atoms with Gasteiger partial charge >= 0.3 is 5.97 Å². The number of aliphatic carboxylic acids is 1. The predicted molar refractivity (Wildman–Crippen MR) is 64.6 cm³/mol. The topological polar surface area (TPSA) is 86.6 Å². The van der Waals surface area contributed by atoms with Crippen LogP contribution in [0.2, 0.25) is 0 Å². The van der Waals surface area contributed by atoms with Crippen LogP contribution in [0.3, 0.4) is 0 Å². The van der Waals surface area contributed by atoms with E-state index in [1.165, 1.54) is 0 Å². The summed E-state index contributed by atoms with van der Waals surface area (Å²) in [4.78, 5) is 22.1. The maximum atomic E-state index is 11.5. The van der Waals surface area contributed by atoms with E-state index in [1.807, 2.05) is 6.92 Å². The van der Waals surface area contributed by atoms with Gasteiger partial charge in [0.1, 0.15) is 0 Å². The molecular formula is C12H23NO4. The zero-order valence-corrected chi connectivity index (χ0v) is 10.8. The van der Waals surface area contributed by atoms with Crippen LogP contribution in [0.1, 0.15) is 46.5 Å². The molecule has 0 aromatic heterocycles. The van der Waals surface area contributed by atoms with Gasteiger partial charge in [0.15, 0.2) is 0 Å². The highest BCUT2D eigenvalue weighted by molar-refractivity contribution is 5.77. The number of hydrogen-bond donors (Lipinski definition) is 3. The Kier molecular flexibility index (Phi) is 6.80. The van der Waals surface area contributed by atoms with Gasteiger partial charge in [-0.2, -0.15) is 0 Å².